The van der Waals surface area contributed by atoms with E-state index in [1.165, 1.54) is 11.0 Å². The molecule has 1 aliphatic heterocycles. The molecule has 0 saturated carbocycles. The number of rotatable bonds is 2. The highest BCUT2D eigenvalue weighted by molar-refractivity contribution is 6.65. The van der Waals surface area contributed by atoms with Crippen molar-refractivity contribution in [1.82, 2.24) is 4.81 Å². The van der Waals surface area contributed by atoms with E-state index in [1.807, 2.05) is 12.1 Å². The molecule has 1 aliphatic rings. The summed E-state index contributed by atoms with van der Waals surface area (Å²) in [5, 5.41) is 0. The predicted molar refractivity (Wildman–Crippen MR) is 74.7 cm³/mol. The van der Waals surface area contributed by atoms with Crippen LogP contribution in [0.1, 0.15) is 11.6 Å². The van der Waals surface area contributed by atoms with Gasteiger partial charge in [0.25, 0.3) is 0 Å². The van der Waals surface area contributed by atoms with Crippen molar-refractivity contribution in [2.45, 2.75) is 6.04 Å². The zero-order chi connectivity index (χ0) is 12.4. The molecular weight excluding hydrogens is 221 g/mol. The zero-order valence-electron chi connectivity index (χ0n) is 10.5. The molecule has 1 heterocycles. The summed E-state index contributed by atoms with van der Waals surface area (Å²) >= 11 is 0. The van der Waals surface area contributed by atoms with E-state index in [9.17, 15) is 0 Å². The summed E-state index contributed by atoms with van der Waals surface area (Å²) < 4.78 is 5.94. The average Bonchev–Trinajstić information content (AvgIpc) is 2.83. The third-order valence-corrected chi connectivity index (χ3v) is 3.54. The van der Waals surface area contributed by atoms with Crippen LogP contribution < -0.4 is 5.46 Å². The summed E-state index contributed by atoms with van der Waals surface area (Å²) in [5.41, 5.74) is 2.54. The molecule has 0 bridgehead atoms. The van der Waals surface area contributed by atoms with Gasteiger partial charge in [-0.2, -0.15) is 0 Å². The van der Waals surface area contributed by atoms with Gasteiger partial charge in [0.15, 0.2) is 0 Å². The topological polar surface area (TPSA) is 12.5 Å². The maximum absolute atomic E-state index is 5.94. The molecule has 2 nitrogen and oxygen atoms in total. The lowest BCUT2D eigenvalue weighted by atomic mass is 9.72. The first-order valence-corrected chi connectivity index (χ1v) is 6.29. The summed E-state index contributed by atoms with van der Waals surface area (Å²) in [7, 11) is 2.19. The van der Waals surface area contributed by atoms with Crippen molar-refractivity contribution < 1.29 is 4.65 Å². The first-order valence-electron chi connectivity index (χ1n) is 6.29. The number of benzene rings is 2. The summed E-state index contributed by atoms with van der Waals surface area (Å²) in [5.74, 6) is 0. The Labute approximate surface area is 108 Å². The normalized spacial score (nSPS) is 20.3. The third kappa shape index (κ3) is 2.07. The van der Waals surface area contributed by atoms with Crippen LogP contribution in [-0.4, -0.2) is 25.5 Å². The fraction of sp³-hybridized carbons (Fsp3) is 0.200. The van der Waals surface area contributed by atoms with Crippen molar-refractivity contribution in [2.75, 3.05) is 13.7 Å². The predicted octanol–water partition coefficient (Wildman–Crippen LogP) is 2.09. The smallest absolute Gasteiger partial charge is 0.416 e. The molecule has 0 spiro atoms. The van der Waals surface area contributed by atoms with Crippen LogP contribution in [0.15, 0.2) is 60.7 Å². The Balaban J connectivity index is 1.83. The number of hydrogen-bond acceptors (Lipinski definition) is 2. The first kappa shape index (κ1) is 11.5. The maximum Gasteiger partial charge on any atom is 0.419 e. The third-order valence-electron chi connectivity index (χ3n) is 3.54. The lowest BCUT2D eigenvalue weighted by Gasteiger charge is -2.21. The van der Waals surface area contributed by atoms with Crippen LogP contribution >= 0.6 is 0 Å². The van der Waals surface area contributed by atoms with Gasteiger partial charge < -0.3 is 9.47 Å². The largest absolute Gasteiger partial charge is 0.419 e. The van der Waals surface area contributed by atoms with E-state index < -0.39 is 0 Å². The van der Waals surface area contributed by atoms with Crippen molar-refractivity contribution in [1.29, 1.82) is 0 Å². The molecule has 1 unspecified atom stereocenters. The second-order valence-corrected chi connectivity index (χ2v) is 4.69. The van der Waals surface area contributed by atoms with Gasteiger partial charge in [-0.1, -0.05) is 60.7 Å². The Morgan fingerprint density at radius 3 is 2.28 bits per heavy atom. The van der Waals surface area contributed by atoms with Gasteiger partial charge >= 0.3 is 7.05 Å². The molecule has 1 saturated heterocycles. The van der Waals surface area contributed by atoms with E-state index >= 15 is 0 Å². The lowest BCUT2D eigenvalue weighted by molar-refractivity contribution is 0.329. The van der Waals surface area contributed by atoms with Gasteiger partial charge in [0, 0.05) is 12.6 Å². The molecule has 0 N–H and O–H groups in total. The van der Waals surface area contributed by atoms with Crippen LogP contribution in [0.3, 0.4) is 0 Å². The minimum Gasteiger partial charge on any atom is -0.416 e. The quantitative estimate of drug-likeness (QED) is 0.741. The molecule has 90 valence electrons. The van der Waals surface area contributed by atoms with Crippen molar-refractivity contribution in [2.24, 2.45) is 0 Å². The Morgan fingerprint density at radius 1 is 1.00 bits per heavy atom. The van der Waals surface area contributed by atoms with Crippen LogP contribution in [0.25, 0.3) is 0 Å². The molecule has 18 heavy (non-hydrogen) atoms. The maximum atomic E-state index is 5.94. The van der Waals surface area contributed by atoms with Gasteiger partial charge in [-0.05, 0) is 18.1 Å². The lowest BCUT2D eigenvalue weighted by Crippen LogP contribution is -2.43. The molecular formula is C15H16BNO. The number of nitrogens with zero attached hydrogens (tertiary/aromatic N) is 1. The molecule has 1 fully saturated rings. The average molecular weight is 237 g/mol. The van der Waals surface area contributed by atoms with Crippen LogP contribution in [0.5, 0.6) is 0 Å². The first-order chi connectivity index (χ1) is 8.86. The fourth-order valence-corrected chi connectivity index (χ4v) is 2.54. The summed E-state index contributed by atoms with van der Waals surface area (Å²) in [6.45, 7) is 0.750. The zero-order valence-corrected chi connectivity index (χ0v) is 10.5. The van der Waals surface area contributed by atoms with Crippen molar-refractivity contribution in [3.8, 4) is 0 Å². The summed E-state index contributed by atoms with van der Waals surface area (Å²) in [6.07, 6.45) is 0. The van der Waals surface area contributed by atoms with Crippen molar-refractivity contribution in [3.05, 3.63) is 66.2 Å². The number of likely N-dealkylation sites (N-methyl/N-ethyl adjacent to an activating group) is 1. The molecule has 2 aromatic rings. The van der Waals surface area contributed by atoms with Gasteiger partial charge in [-0.15, -0.1) is 0 Å². The van der Waals surface area contributed by atoms with E-state index in [2.05, 4.69) is 60.4 Å². The van der Waals surface area contributed by atoms with Gasteiger partial charge in [-0.25, -0.2) is 0 Å². The Bertz CT molecular complexity index is 455. The SMILES string of the molecule is CN1B(c2ccccc2)OCC1c1ccccc1. The molecule has 1 atom stereocenters. The highest BCUT2D eigenvalue weighted by Crippen LogP contribution is 2.26. The van der Waals surface area contributed by atoms with E-state index in [0.717, 1.165) is 6.61 Å². The van der Waals surface area contributed by atoms with E-state index in [4.69, 9.17) is 4.65 Å². The molecule has 0 radical (unpaired) electrons. The second kappa shape index (κ2) is 4.97. The van der Waals surface area contributed by atoms with Gasteiger partial charge in [0.05, 0.1) is 0 Å². The highest BCUT2D eigenvalue weighted by atomic mass is 16.5. The van der Waals surface area contributed by atoms with Gasteiger partial charge in [-0.3, -0.25) is 0 Å². The molecule has 0 aromatic heterocycles. The van der Waals surface area contributed by atoms with Gasteiger partial charge in [0.1, 0.15) is 0 Å². The van der Waals surface area contributed by atoms with Crippen molar-refractivity contribution in [3.63, 3.8) is 0 Å². The highest BCUT2D eigenvalue weighted by Gasteiger charge is 2.37. The van der Waals surface area contributed by atoms with Crippen LogP contribution in [0.2, 0.25) is 0 Å². The molecule has 3 heteroatoms. The Morgan fingerprint density at radius 2 is 1.61 bits per heavy atom. The summed E-state index contributed by atoms with van der Waals surface area (Å²) in [4.78, 5) is 2.30. The Kier molecular flexibility index (Phi) is 3.18. The molecule has 2 aromatic carbocycles. The minimum atomic E-state index is 0.0661. The second-order valence-electron chi connectivity index (χ2n) is 4.69. The Hall–Kier alpha value is -1.58. The fourth-order valence-electron chi connectivity index (χ4n) is 2.54. The molecule has 0 aliphatic carbocycles. The summed E-state index contributed by atoms with van der Waals surface area (Å²) in [6, 6.07) is 21.3. The van der Waals surface area contributed by atoms with Crippen molar-refractivity contribution >= 4 is 12.5 Å². The van der Waals surface area contributed by atoms with Crippen LogP contribution in [-0.2, 0) is 4.65 Å². The van der Waals surface area contributed by atoms with Gasteiger partial charge in [0.2, 0.25) is 0 Å². The standard InChI is InChI=1S/C15H16BNO/c1-17-15(13-8-4-2-5-9-13)12-18-16(17)14-10-6-3-7-11-14/h2-11,15H,12H2,1H3. The monoisotopic (exact) mass is 237 g/mol. The number of hydrogen-bond donors (Lipinski definition) is 0. The van der Waals surface area contributed by atoms with Crippen LogP contribution in [0.4, 0.5) is 0 Å². The molecule has 0 amide bonds. The van der Waals surface area contributed by atoms with E-state index in [0.29, 0.717) is 6.04 Å². The molecule has 3 rings (SSSR count). The van der Waals surface area contributed by atoms with E-state index in [-0.39, 0.29) is 7.05 Å². The minimum absolute atomic E-state index is 0.0661. The van der Waals surface area contributed by atoms with E-state index in [1.54, 1.807) is 0 Å². The van der Waals surface area contributed by atoms with Crippen LogP contribution in [0, 0.1) is 0 Å².